The Morgan fingerprint density at radius 1 is 0.870 bits per heavy atom. The van der Waals surface area contributed by atoms with Gasteiger partial charge in [0.15, 0.2) is 0 Å². The summed E-state index contributed by atoms with van der Waals surface area (Å²) in [5, 5.41) is 0. The van der Waals surface area contributed by atoms with Crippen molar-refractivity contribution >= 4 is 30.3 Å². The van der Waals surface area contributed by atoms with Crippen LogP contribution in [0.1, 0.15) is 0 Å². The number of rotatable bonds is 3. The molecule has 0 amide bonds. The number of imidazole rings is 1. The van der Waals surface area contributed by atoms with Crippen molar-refractivity contribution in [2.75, 3.05) is 0 Å². The molecule has 0 atom stereocenters. The first-order valence-corrected chi connectivity index (χ1v) is 8.08. The summed E-state index contributed by atoms with van der Waals surface area (Å²) in [6.45, 7) is 0. The molecule has 2 heterocycles. The molecule has 23 heavy (non-hydrogen) atoms. The average Bonchev–Trinajstić information content (AvgIpc) is 3.01. The van der Waals surface area contributed by atoms with E-state index in [0.717, 1.165) is 28.5 Å². The number of benzene rings is 2. The average molecular weight is 357 g/mol. The van der Waals surface area contributed by atoms with Crippen LogP contribution in [-0.4, -0.2) is 38.5 Å². The number of aromatic nitrogens is 4. The van der Waals surface area contributed by atoms with Crippen LogP contribution in [0, 0.1) is 0 Å². The van der Waals surface area contributed by atoms with Crippen molar-refractivity contribution in [3.8, 4) is 22.8 Å². The van der Waals surface area contributed by atoms with Crippen LogP contribution in [0.25, 0.3) is 28.4 Å². The fourth-order valence-electron chi connectivity index (χ4n) is 2.57. The molecule has 0 bridgehead atoms. The van der Waals surface area contributed by atoms with Crippen LogP contribution in [0.4, 0.5) is 0 Å². The quantitative estimate of drug-likeness (QED) is 0.529. The number of hydrogen-bond acceptors (Lipinski definition) is 4. The van der Waals surface area contributed by atoms with E-state index < -0.39 is 0 Å². The van der Waals surface area contributed by atoms with E-state index in [-0.39, 0.29) is 0 Å². The Morgan fingerprint density at radius 2 is 1.61 bits per heavy atom. The van der Waals surface area contributed by atoms with Crippen molar-refractivity contribution in [1.82, 2.24) is 19.5 Å². The van der Waals surface area contributed by atoms with Crippen LogP contribution < -0.4 is 3.53 Å². The fourth-order valence-corrected chi connectivity index (χ4v) is 3.00. The molecule has 6 heteroatoms. The van der Waals surface area contributed by atoms with Gasteiger partial charge in [0, 0.05) is 0 Å². The van der Waals surface area contributed by atoms with Gasteiger partial charge in [-0.3, -0.25) is 0 Å². The second-order valence-electron chi connectivity index (χ2n) is 4.92. The van der Waals surface area contributed by atoms with Crippen LogP contribution >= 0.6 is 0 Å². The van der Waals surface area contributed by atoms with Crippen LogP contribution in [0.15, 0.2) is 67.0 Å². The van der Waals surface area contributed by atoms with Crippen LogP contribution in [0.2, 0.25) is 0 Å². The van der Waals surface area contributed by atoms with Gasteiger partial charge < -0.3 is 0 Å². The normalized spacial score (nSPS) is 10.8. The van der Waals surface area contributed by atoms with Gasteiger partial charge in [-0.1, -0.05) is 0 Å². The molecule has 0 aliphatic rings. The standard InChI is InChI=1S/C17H12N4O.Ga/c22-14-9-5-4-8-13(14)16-20-15-17(19-11-10-18-15)21(16)12-6-2-1-3-7-12;/h1-11,22H;/q;+1/p-1. The molecule has 5 nitrogen and oxygen atoms in total. The molecule has 0 unspecified atom stereocenters. The van der Waals surface area contributed by atoms with Crippen molar-refractivity contribution in [1.29, 1.82) is 0 Å². The summed E-state index contributed by atoms with van der Waals surface area (Å²) in [6.07, 6.45) is 3.33. The van der Waals surface area contributed by atoms with Gasteiger partial charge in [-0.2, -0.15) is 0 Å². The fraction of sp³-hybridized carbons (Fsp3) is 0. The molecule has 108 valence electrons. The topological polar surface area (TPSA) is 52.8 Å². The van der Waals surface area contributed by atoms with Gasteiger partial charge in [-0.15, -0.1) is 0 Å². The van der Waals surface area contributed by atoms with Crippen molar-refractivity contribution in [3.05, 3.63) is 67.0 Å². The van der Waals surface area contributed by atoms with Crippen molar-refractivity contribution in [3.63, 3.8) is 0 Å². The summed E-state index contributed by atoms with van der Waals surface area (Å²) < 4.78 is 7.56. The van der Waals surface area contributed by atoms with Gasteiger partial charge >= 0.3 is 143 Å². The molecule has 0 fully saturated rings. The van der Waals surface area contributed by atoms with Crippen LogP contribution in [-0.2, 0) is 0 Å². The Kier molecular flexibility index (Phi) is 3.61. The molecular weight excluding hydrogens is 346 g/mol. The monoisotopic (exact) mass is 356 g/mol. The van der Waals surface area contributed by atoms with Crippen LogP contribution in [0.5, 0.6) is 5.75 Å². The Morgan fingerprint density at radius 3 is 2.43 bits per heavy atom. The van der Waals surface area contributed by atoms with Gasteiger partial charge in [0.05, 0.1) is 0 Å². The van der Waals surface area contributed by atoms with Gasteiger partial charge in [0.1, 0.15) is 0 Å². The maximum atomic E-state index is 5.55. The van der Waals surface area contributed by atoms with Gasteiger partial charge in [-0.25, -0.2) is 0 Å². The summed E-state index contributed by atoms with van der Waals surface area (Å²) in [4.78, 5) is 13.5. The molecule has 0 spiro atoms. The summed E-state index contributed by atoms with van der Waals surface area (Å²) in [5.74, 6) is 1.56. The van der Waals surface area contributed by atoms with Crippen molar-refractivity contribution in [2.45, 2.75) is 0 Å². The Hall–Kier alpha value is -2.57. The third-order valence-corrected chi connectivity index (χ3v) is 4.10. The van der Waals surface area contributed by atoms with E-state index in [2.05, 4.69) is 15.0 Å². The molecule has 0 saturated heterocycles. The number of para-hydroxylation sites is 2. The van der Waals surface area contributed by atoms with Crippen LogP contribution in [0.3, 0.4) is 0 Å². The van der Waals surface area contributed by atoms with E-state index in [1.165, 1.54) is 19.0 Å². The molecular formula is C17H11GaN4O. The summed E-state index contributed by atoms with van der Waals surface area (Å²) in [7, 11) is 0. The van der Waals surface area contributed by atoms with Crippen molar-refractivity contribution < 1.29 is 3.53 Å². The first kappa shape index (κ1) is 14.0. The zero-order chi connectivity index (χ0) is 15.6. The molecule has 0 aliphatic carbocycles. The van der Waals surface area contributed by atoms with E-state index in [1.54, 1.807) is 12.4 Å². The van der Waals surface area contributed by atoms with Gasteiger partial charge in [0.25, 0.3) is 0 Å². The predicted molar refractivity (Wildman–Crippen MR) is 88.5 cm³/mol. The summed E-state index contributed by atoms with van der Waals surface area (Å²) >= 11 is 1.19. The third kappa shape index (κ3) is 2.41. The maximum absolute atomic E-state index is 5.55. The summed E-state index contributed by atoms with van der Waals surface area (Å²) in [6, 6.07) is 17.9. The zero-order valence-corrected chi connectivity index (χ0v) is 14.5. The van der Waals surface area contributed by atoms with Gasteiger partial charge in [-0.05, 0) is 0 Å². The van der Waals surface area contributed by atoms with E-state index in [4.69, 9.17) is 3.53 Å². The summed E-state index contributed by atoms with van der Waals surface area (Å²) in [5.41, 5.74) is 3.25. The first-order chi connectivity index (χ1) is 11.4. The predicted octanol–water partition coefficient (Wildman–Crippen LogP) is 2.94. The number of fused-ring (bicyclic) bond motifs is 1. The number of hydrogen-bond donors (Lipinski definition) is 0. The third-order valence-electron chi connectivity index (χ3n) is 3.57. The zero-order valence-electron chi connectivity index (χ0n) is 12.1. The Balaban J connectivity index is 2.07. The van der Waals surface area contributed by atoms with E-state index in [0.29, 0.717) is 5.65 Å². The molecule has 0 aliphatic heterocycles. The molecule has 2 aromatic carbocycles. The molecule has 0 saturated carbocycles. The van der Waals surface area contributed by atoms with E-state index in [1.807, 2.05) is 59.2 Å². The minimum atomic E-state index is 0.614. The van der Waals surface area contributed by atoms with E-state index >= 15 is 0 Å². The molecule has 4 aromatic rings. The molecule has 2 radical (unpaired) electrons. The second kappa shape index (κ2) is 5.90. The second-order valence-corrected chi connectivity index (χ2v) is 5.42. The SMILES string of the molecule is [Ga][O]c1ccccc1-c1nc2nccnc2n1-c1ccccc1. The first-order valence-electron chi connectivity index (χ1n) is 7.09. The van der Waals surface area contributed by atoms with E-state index in [9.17, 15) is 0 Å². The molecule has 4 rings (SSSR count). The number of nitrogens with zero attached hydrogens (tertiary/aromatic N) is 4. The van der Waals surface area contributed by atoms with Crippen molar-refractivity contribution in [2.24, 2.45) is 0 Å². The minimum absolute atomic E-state index is 0.614. The molecule has 0 N–H and O–H groups in total. The molecule has 2 aromatic heterocycles. The Bertz CT molecular complexity index is 969. The Labute approximate surface area is 143 Å². The van der Waals surface area contributed by atoms with Gasteiger partial charge in [0.2, 0.25) is 0 Å².